The molecule has 0 saturated heterocycles. The van der Waals surface area contributed by atoms with E-state index < -0.39 is 16.1 Å². The highest BCUT2D eigenvalue weighted by atomic mass is 35.5. The van der Waals surface area contributed by atoms with Crippen molar-refractivity contribution in [2.75, 3.05) is 6.61 Å². The second kappa shape index (κ2) is 10.2. The molecule has 0 radical (unpaired) electrons. The first-order chi connectivity index (χ1) is 12.9. The fourth-order valence-electron chi connectivity index (χ4n) is 3.11. The lowest BCUT2D eigenvalue weighted by Gasteiger charge is -2.27. The first-order valence-electron chi connectivity index (χ1n) is 9.32. The van der Waals surface area contributed by atoms with Crippen LogP contribution < -0.4 is 4.72 Å². The van der Waals surface area contributed by atoms with Gasteiger partial charge in [0, 0.05) is 17.5 Å². The van der Waals surface area contributed by atoms with E-state index in [0.717, 1.165) is 36.8 Å². The van der Waals surface area contributed by atoms with Crippen LogP contribution in [0.25, 0.3) is 0 Å². The largest absolute Gasteiger partial charge is 0.396 e. The second-order valence-electron chi connectivity index (χ2n) is 6.91. The minimum atomic E-state index is -3.73. The first-order valence-corrected chi connectivity index (χ1v) is 11.2. The van der Waals surface area contributed by atoms with Gasteiger partial charge in [-0.05, 0) is 43.2 Å². The van der Waals surface area contributed by atoms with E-state index in [1.807, 2.05) is 13.0 Å². The molecule has 0 unspecified atom stereocenters. The SMILES string of the molecule is CCCCC[C@@H](CO)[C@H](NS(=O)(=O)c1ccc(C)cc1)c1cccc(Cl)c1. The molecule has 2 N–H and O–H groups in total. The Hall–Kier alpha value is -1.40. The molecule has 0 aliphatic rings. The van der Waals surface area contributed by atoms with Crippen LogP contribution in [-0.4, -0.2) is 20.1 Å². The van der Waals surface area contributed by atoms with Crippen LogP contribution in [0.15, 0.2) is 53.4 Å². The molecule has 4 nitrogen and oxygen atoms in total. The van der Waals surface area contributed by atoms with Gasteiger partial charge in [0.1, 0.15) is 0 Å². The molecule has 2 atom stereocenters. The molecule has 148 valence electrons. The van der Waals surface area contributed by atoms with E-state index >= 15 is 0 Å². The van der Waals surface area contributed by atoms with Gasteiger partial charge in [-0.1, -0.05) is 67.6 Å². The van der Waals surface area contributed by atoms with Gasteiger partial charge in [-0.2, -0.15) is 0 Å². The maximum Gasteiger partial charge on any atom is 0.241 e. The molecule has 0 bridgehead atoms. The third kappa shape index (κ3) is 6.32. The quantitative estimate of drug-likeness (QED) is 0.551. The number of benzene rings is 2. The number of hydrogen-bond donors (Lipinski definition) is 2. The summed E-state index contributed by atoms with van der Waals surface area (Å²) in [4.78, 5) is 0.213. The van der Waals surface area contributed by atoms with Crippen LogP contribution >= 0.6 is 11.6 Å². The monoisotopic (exact) mass is 409 g/mol. The minimum Gasteiger partial charge on any atom is -0.396 e. The Morgan fingerprint density at radius 1 is 1.11 bits per heavy atom. The standard InChI is InChI=1S/C21H28ClNO3S/c1-3-4-5-7-18(15-24)21(17-8-6-9-19(22)14-17)23-27(25,26)20-12-10-16(2)11-13-20/h6,8-14,18,21,23-24H,3-5,7,15H2,1-2H3/t18-,21+/m0/s1. The summed E-state index contributed by atoms with van der Waals surface area (Å²) < 4.78 is 28.7. The number of unbranched alkanes of at least 4 members (excludes halogenated alkanes) is 2. The number of aryl methyl sites for hydroxylation is 1. The molecule has 6 heteroatoms. The summed E-state index contributed by atoms with van der Waals surface area (Å²) in [5.74, 6) is -0.227. The van der Waals surface area contributed by atoms with Gasteiger partial charge < -0.3 is 5.11 Å². The summed E-state index contributed by atoms with van der Waals surface area (Å²) in [5.41, 5.74) is 1.75. The molecule has 0 spiro atoms. The summed E-state index contributed by atoms with van der Waals surface area (Å²) in [6.45, 7) is 3.92. The van der Waals surface area contributed by atoms with Gasteiger partial charge in [-0.3, -0.25) is 0 Å². The smallest absolute Gasteiger partial charge is 0.241 e. The van der Waals surface area contributed by atoms with Crippen molar-refractivity contribution >= 4 is 21.6 Å². The fraction of sp³-hybridized carbons (Fsp3) is 0.429. The van der Waals surface area contributed by atoms with Gasteiger partial charge in [0.2, 0.25) is 10.0 Å². The van der Waals surface area contributed by atoms with Crippen LogP contribution in [-0.2, 0) is 10.0 Å². The maximum absolute atomic E-state index is 12.9. The topological polar surface area (TPSA) is 66.4 Å². The van der Waals surface area contributed by atoms with Crippen LogP contribution in [0.1, 0.15) is 49.8 Å². The summed E-state index contributed by atoms with van der Waals surface area (Å²) in [6, 6.07) is 13.3. The molecule has 0 fully saturated rings. The third-order valence-electron chi connectivity index (χ3n) is 4.71. The van der Waals surface area contributed by atoms with Crippen molar-refractivity contribution in [3.8, 4) is 0 Å². The number of hydrogen-bond acceptors (Lipinski definition) is 3. The number of nitrogens with one attached hydrogen (secondary N) is 1. The average Bonchev–Trinajstić information content (AvgIpc) is 2.64. The van der Waals surface area contributed by atoms with Crippen LogP contribution in [0.5, 0.6) is 0 Å². The van der Waals surface area contributed by atoms with Crippen molar-refractivity contribution < 1.29 is 13.5 Å². The van der Waals surface area contributed by atoms with E-state index in [2.05, 4.69) is 11.6 Å². The molecule has 0 aromatic heterocycles. The van der Waals surface area contributed by atoms with Gasteiger partial charge in [0.25, 0.3) is 0 Å². The number of aliphatic hydroxyl groups is 1. The Bertz CT molecular complexity index is 822. The zero-order valence-corrected chi connectivity index (χ0v) is 17.4. The van der Waals surface area contributed by atoms with Gasteiger partial charge >= 0.3 is 0 Å². The normalized spacial score (nSPS) is 14.1. The zero-order valence-electron chi connectivity index (χ0n) is 15.9. The van der Waals surface area contributed by atoms with Gasteiger partial charge in [0.15, 0.2) is 0 Å². The highest BCUT2D eigenvalue weighted by molar-refractivity contribution is 7.89. The molecule has 0 saturated carbocycles. The highest BCUT2D eigenvalue weighted by Gasteiger charge is 2.28. The molecular weight excluding hydrogens is 382 g/mol. The van der Waals surface area contributed by atoms with Gasteiger partial charge in [0.05, 0.1) is 10.9 Å². The van der Waals surface area contributed by atoms with Crippen LogP contribution in [0.4, 0.5) is 0 Å². The zero-order chi connectivity index (χ0) is 19.9. The van der Waals surface area contributed by atoms with Crippen molar-refractivity contribution in [2.24, 2.45) is 5.92 Å². The third-order valence-corrected chi connectivity index (χ3v) is 6.40. The highest BCUT2D eigenvalue weighted by Crippen LogP contribution is 2.30. The second-order valence-corrected chi connectivity index (χ2v) is 9.06. The summed E-state index contributed by atoms with van der Waals surface area (Å²) in [5, 5.41) is 10.5. The molecule has 27 heavy (non-hydrogen) atoms. The maximum atomic E-state index is 12.9. The van der Waals surface area contributed by atoms with Crippen molar-refractivity contribution in [1.29, 1.82) is 0 Å². The molecule has 2 aromatic rings. The van der Waals surface area contributed by atoms with Crippen molar-refractivity contribution in [2.45, 2.75) is 50.5 Å². The molecule has 0 aliphatic heterocycles. The molecule has 2 rings (SSSR count). The predicted octanol–water partition coefficient (Wildman–Crippen LogP) is 4.86. The lowest BCUT2D eigenvalue weighted by molar-refractivity contribution is 0.187. The number of sulfonamides is 1. The predicted molar refractivity (Wildman–Crippen MR) is 110 cm³/mol. The molecule has 0 aliphatic carbocycles. The summed E-state index contributed by atoms with van der Waals surface area (Å²) >= 11 is 6.13. The van der Waals surface area contributed by atoms with E-state index in [0.29, 0.717) is 5.02 Å². The number of rotatable bonds is 10. The van der Waals surface area contributed by atoms with E-state index in [1.165, 1.54) is 0 Å². The van der Waals surface area contributed by atoms with Crippen molar-refractivity contribution in [3.63, 3.8) is 0 Å². The Kier molecular flexibility index (Phi) is 8.29. The van der Waals surface area contributed by atoms with Gasteiger partial charge in [-0.15, -0.1) is 0 Å². The molecule has 0 heterocycles. The Balaban J connectivity index is 2.34. The lowest BCUT2D eigenvalue weighted by Crippen LogP contribution is -2.35. The van der Waals surface area contributed by atoms with E-state index in [-0.39, 0.29) is 17.4 Å². The van der Waals surface area contributed by atoms with Crippen molar-refractivity contribution in [1.82, 2.24) is 4.72 Å². The summed E-state index contributed by atoms with van der Waals surface area (Å²) in [7, 11) is -3.73. The lowest BCUT2D eigenvalue weighted by atomic mass is 9.90. The Morgan fingerprint density at radius 3 is 2.41 bits per heavy atom. The van der Waals surface area contributed by atoms with E-state index in [1.54, 1.807) is 42.5 Å². The minimum absolute atomic E-state index is 0.0999. The Labute approximate surface area is 167 Å². The van der Waals surface area contributed by atoms with Crippen LogP contribution in [0.2, 0.25) is 5.02 Å². The first kappa shape index (κ1) is 21.9. The summed E-state index contributed by atoms with van der Waals surface area (Å²) in [6.07, 6.45) is 3.78. The average molecular weight is 410 g/mol. The van der Waals surface area contributed by atoms with Crippen molar-refractivity contribution in [3.05, 3.63) is 64.7 Å². The van der Waals surface area contributed by atoms with E-state index in [4.69, 9.17) is 11.6 Å². The Morgan fingerprint density at radius 2 is 1.81 bits per heavy atom. The molecule has 2 aromatic carbocycles. The van der Waals surface area contributed by atoms with Crippen LogP contribution in [0, 0.1) is 12.8 Å². The molecular formula is C21H28ClNO3S. The van der Waals surface area contributed by atoms with Crippen LogP contribution in [0.3, 0.4) is 0 Å². The molecule has 0 amide bonds. The van der Waals surface area contributed by atoms with E-state index in [9.17, 15) is 13.5 Å². The number of halogens is 1. The fourth-order valence-corrected chi connectivity index (χ4v) is 4.60. The number of aliphatic hydroxyl groups excluding tert-OH is 1. The van der Waals surface area contributed by atoms with Gasteiger partial charge in [-0.25, -0.2) is 13.1 Å².